The van der Waals surface area contributed by atoms with Crippen LogP contribution in [0.4, 0.5) is 0 Å². The monoisotopic (exact) mass is 316 g/mol. The summed E-state index contributed by atoms with van der Waals surface area (Å²) in [5.74, 6) is -0.141. The van der Waals surface area contributed by atoms with Gasteiger partial charge in [-0.1, -0.05) is 35.3 Å². The molecule has 0 aliphatic carbocycles. The highest BCUT2D eigenvalue weighted by Crippen LogP contribution is 2.22. The van der Waals surface area contributed by atoms with Crippen LogP contribution >= 0.6 is 23.2 Å². The first kappa shape index (κ1) is 14.0. The molecule has 0 aliphatic heterocycles. The number of carbonyl (C=O) groups excluding carboxylic acids is 1. The van der Waals surface area contributed by atoms with Gasteiger partial charge >= 0.3 is 0 Å². The van der Waals surface area contributed by atoms with E-state index in [2.05, 4.69) is 9.97 Å². The highest BCUT2D eigenvalue weighted by atomic mass is 35.5. The molecule has 0 amide bonds. The first-order chi connectivity index (χ1) is 10.1. The Labute approximate surface area is 131 Å². The predicted octanol–water partition coefficient (Wildman–Crippen LogP) is 4.36. The second kappa shape index (κ2) is 5.80. The molecule has 0 bridgehead atoms. The maximum atomic E-state index is 12.3. The van der Waals surface area contributed by atoms with Gasteiger partial charge in [0.25, 0.3) is 0 Å². The summed E-state index contributed by atoms with van der Waals surface area (Å²) in [5.41, 5.74) is 2.46. The van der Waals surface area contributed by atoms with E-state index in [1.807, 2.05) is 24.3 Å². The summed E-state index contributed by atoms with van der Waals surface area (Å²) < 4.78 is 0. The Morgan fingerprint density at radius 3 is 2.62 bits per heavy atom. The summed E-state index contributed by atoms with van der Waals surface area (Å²) in [6, 6.07) is 12.5. The van der Waals surface area contributed by atoms with E-state index in [0.717, 1.165) is 5.52 Å². The van der Waals surface area contributed by atoms with Gasteiger partial charge in [-0.05, 0) is 35.9 Å². The molecular formula is C16H10Cl2N2O. The lowest BCUT2D eigenvalue weighted by Gasteiger charge is -2.05. The molecule has 1 aromatic heterocycles. The quantitative estimate of drug-likeness (QED) is 0.674. The van der Waals surface area contributed by atoms with Crippen molar-refractivity contribution in [1.29, 1.82) is 0 Å². The van der Waals surface area contributed by atoms with Crippen molar-refractivity contribution in [2.24, 2.45) is 0 Å². The van der Waals surface area contributed by atoms with Gasteiger partial charge in [0.1, 0.15) is 5.69 Å². The maximum Gasteiger partial charge on any atom is 0.187 e. The molecule has 0 unspecified atom stereocenters. The van der Waals surface area contributed by atoms with Crippen molar-refractivity contribution >= 4 is 40.0 Å². The Balaban J connectivity index is 1.91. The minimum atomic E-state index is -0.141. The van der Waals surface area contributed by atoms with Crippen LogP contribution in [0.25, 0.3) is 11.0 Å². The van der Waals surface area contributed by atoms with E-state index >= 15 is 0 Å². The van der Waals surface area contributed by atoms with Crippen molar-refractivity contribution < 1.29 is 4.79 Å². The molecule has 104 valence electrons. The SMILES string of the molecule is O=C(Cc1cc(Cl)ccc1Cl)c1cnc2ccccc2n1. The Kier molecular flexibility index (Phi) is 3.86. The summed E-state index contributed by atoms with van der Waals surface area (Å²) in [6.45, 7) is 0. The molecule has 0 spiro atoms. The van der Waals surface area contributed by atoms with Crippen LogP contribution < -0.4 is 0 Å². The molecular weight excluding hydrogens is 307 g/mol. The lowest BCUT2D eigenvalue weighted by molar-refractivity contribution is 0.0988. The standard InChI is InChI=1S/C16H10Cl2N2O/c17-11-5-6-12(18)10(7-11)8-16(21)15-9-19-13-3-1-2-4-14(13)20-15/h1-7,9H,8H2. The third-order valence-corrected chi connectivity index (χ3v) is 3.70. The van der Waals surface area contributed by atoms with E-state index in [9.17, 15) is 4.79 Å². The number of carbonyl (C=O) groups is 1. The predicted molar refractivity (Wildman–Crippen MR) is 84.0 cm³/mol. The Bertz CT molecular complexity index is 833. The highest BCUT2D eigenvalue weighted by Gasteiger charge is 2.12. The van der Waals surface area contributed by atoms with Crippen molar-refractivity contribution in [2.75, 3.05) is 0 Å². The number of ketones is 1. The summed E-state index contributed by atoms with van der Waals surface area (Å²) in [4.78, 5) is 20.9. The summed E-state index contributed by atoms with van der Waals surface area (Å²) in [7, 11) is 0. The topological polar surface area (TPSA) is 42.9 Å². The van der Waals surface area contributed by atoms with Gasteiger partial charge in [-0.15, -0.1) is 0 Å². The largest absolute Gasteiger partial charge is 0.292 e. The van der Waals surface area contributed by atoms with Crippen LogP contribution in [0, 0.1) is 0 Å². The normalized spacial score (nSPS) is 10.8. The number of hydrogen-bond donors (Lipinski definition) is 0. The Morgan fingerprint density at radius 2 is 1.81 bits per heavy atom. The van der Waals surface area contributed by atoms with E-state index in [0.29, 0.717) is 26.8 Å². The van der Waals surface area contributed by atoms with Gasteiger partial charge in [-0.3, -0.25) is 9.78 Å². The van der Waals surface area contributed by atoms with Crippen molar-refractivity contribution in [1.82, 2.24) is 9.97 Å². The second-order valence-corrected chi connectivity index (χ2v) is 5.42. The number of nitrogens with zero attached hydrogens (tertiary/aromatic N) is 2. The van der Waals surface area contributed by atoms with Crippen LogP contribution in [-0.2, 0) is 6.42 Å². The number of aromatic nitrogens is 2. The summed E-state index contributed by atoms with van der Waals surface area (Å²) in [5, 5.41) is 1.06. The highest BCUT2D eigenvalue weighted by molar-refractivity contribution is 6.33. The Hall–Kier alpha value is -1.97. The average molecular weight is 317 g/mol. The molecule has 3 aromatic rings. The van der Waals surface area contributed by atoms with E-state index in [1.165, 1.54) is 6.20 Å². The van der Waals surface area contributed by atoms with Crippen LogP contribution in [0.2, 0.25) is 10.0 Å². The zero-order valence-electron chi connectivity index (χ0n) is 10.9. The van der Waals surface area contributed by atoms with Gasteiger partial charge < -0.3 is 0 Å². The molecule has 0 saturated heterocycles. The van der Waals surface area contributed by atoms with Crippen molar-refractivity contribution in [3.05, 3.63) is 70.0 Å². The molecule has 0 atom stereocenters. The molecule has 1 heterocycles. The summed E-state index contributed by atoms with van der Waals surface area (Å²) >= 11 is 12.0. The van der Waals surface area contributed by atoms with E-state index in [-0.39, 0.29) is 12.2 Å². The number of benzene rings is 2. The molecule has 0 saturated carbocycles. The molecule has 0 fully saturated rings. The number of fused-ring (bicyclic) bond motifs is 1. The van der Waals surface area contributed by atoms with E-state index < -0.39 is 0 Å². The van der Waals surface area contributed by atoms with Gasteiger partial charge in [0.15, 0.2) is 5.78 Å². The number of hydrogen-bond acceptors (Lipinski definition) is 3. The van der Waals surface area contributed by atoms with Crippen LogP contribution in [0.3, 0.4) is 0 Å². The molecule has 2 aromatic carbocycles. The molecule has 3 rings (SSSR count). The third kappa shape index (κ3) is 3.04. The molecule has 5 heteroatoms. The fourth-order valence-electron chi connectivity index (χ4n) is 2.03. The van der Waals surface area contributed by atoms with Crippen molar-refractivity contribution in [3.63, 3.8) is 0 Å². The lowest BCUT2D eigenvalue weighted by atomic mass is 10.1. The van der Waals surface area contributed by atoms with Gasteiger partial charge in [-0.25, -0.2) is 4.98 Å². The van der Waals surface area contributed by atoms with Gasteiger partial charge in [-0.2, -0.15) is 0 Å². The number of halogens is 2. The van der Waals surface area contributed by atoms with Crippen LogP contribution in [-0.4, -0.2) is 15.8 Å². The van der Waals surface area contributed by atoms with Crippen LogP contribution in [0.5, 0.6) is 0 Å². The smallest absolute Gasteiger partial charge is 0.187 e. The number of rotatable bonds is 3. The molecule has 21 heavy (non-hydrogen) atoms. The fourth-order valence-corrected chi connectivity index (χ4v) is 2.41. The van der Waals surface area contributed by atoms with Crippen molar-refractivity contribution in [3.8, 4) is 0 Å². The average Bonchev–Trinajstić information content (AvgIpc) is 2.50. The molecule has 0 N–H and O–H groups in total. The first-order valence-corrected chi connectivity index (χ1v) is 7.08. The zero-order valence-corrected chi connectivity index (χ0v) is 12.4. The third-order valence-electron chi connectivity index (χ3n) is 3.09. The zero-order chi connectivity index (χ0) is 14.8. The first-order valence-electron chi connectivity index (χ1n) is 6.32. The summed E-state index contributed by atoms with van der Waals surface area (Å²) in [6.07, 6.45) is 1.63. The van der Waals surface area contributed by atoms with E-state index in [4.69, 9.17) is 23.2 Å². The minimum absolute atomic E-state index is 0.141. The van der Waals surface area contributed by atoms with Crippen LogP contribution in [0.1, 0.15) is 16.1 Å². The van der Waals surface area contributed by atoms with Crippen LogP contribution in [0.15, 0.2) is 48.7 Å². The molecule has 0 aliphatic rings. The number of Topliss-reactive ketones (excluding diaryl/α,β-unsaturated/α-hetero) is 1. The van der Waals surface area contributed by atoms with E-state index in [1.54, 1.807) is 18.2 Å². The molecule has 3 nitrogen and oxygen atoms in total. The fraction of sp³-hybridized carbons (Fsp3) is 0.0625. The van der Waals surface area contributed by atoms with Gasteiger partial charge in [0, 0.05) is 16.5 Å². The van der Waals surface area contributed by atoms with Crippen molar-refractivity contribution in [2.45, 2.75) is 6.42 Å². The lowest BCUT2D eigenvalue weighted by Crippen LogP contribution is -2.07. The van der Waals surface area contributed by atoms with Gasteiger partial charge in [0.05, 0.1) is 17.2 Å². The minimum Gasteiger partial charge on any atom is -0.292 e. The maximum absolute atomic E-state index is 12.3. The van der Waals surface area contributed by atoms with Gasteiger partial charge in [0.2, 0.25) is 0 Å². The Morgan fingerprint density at radius 1 is 1.05 bits per heavy atom. The molecule has 0 radical (unpaired) electrons. The second-order valence-electron chi connectivity index (χ2n) is 4.58. The number of para-hydroxylation sites is 2.